The topological polar surface area (TPSA) is 56.8 Å². The van der Waals surface area contributed by atoms with Gasteiger partial charge in [-0.3, -0.25) is 4.79 Å². The monoisotopic (exact) mass is 299 g/mol. The summed E-state index contributed by atoms with van der Waals surface area (Å²) in [7, 11) is 0. The van der Waals surface area contributed by atoms with E-state index < -0.39 is 0 Å². The van der Waals surface area contributed by atoms with E-state index in [9.17, 15) is 4.79 Å². The fourth-order valence-corrected chi connectivity index (χ4v) is 2.16. The number of fused-ring (bicyclic) bond motifs is 1. The maximum Gasteiger partial charge on any atom is 0.255 e. The minimum absolute atomic E-state index is 0.0311. The van der Waals surface area contributed by atoms with Crippen molar-refractivity contribution >= 4 is 11.6 Å². The van der Waals surface area contributed by atoms with E-state index >= 15 is 0 Å². The Labute approximate surface area is 128 Å². The Balaban J connectivity index is 1.80. The van der Waals surface area contributed by atoms with Crippen LogP contribution in [0.3, 0.4) is 0 Å². The summed E-state index contributed by atoms with van der Waals surface area (Å²) >= 11 is 0. The molecule has 1 aliphatic heterocycles. The molecule has 1 amide bonds. The maximum atomic E-state index is 12.4. The minimum atomic E-state index is -0.224. The van der Waals surface area contributed by atoms with Crippen LogP contribution < -0.4 is 19.5 Å². The Morgan fingerprint density at radius 3 is 2.73 bits per heavy atom. The van der Waals surface area contributed by atoms with Crippen molar-refractivity contribution in [2.45, 2.75) is 20.0 Å². The number of amides is 1. The summed E-state index contributed by atoms with van der Waals surface area (Å²) in [5.74, 6) is 1.66. The fourth-order valence-electron chi connectivity index (χ4n) is 2.16. The average Bonchev–Trinajstić information content (AvgIpc) is 2.96. The van der Waals surface area contributed by atoms with Crippen LogP contribution in [0.2, 0.25) is 0 Å². The van der Waals surface area contributed by atoms with Crippen LogP contribution in [0.5, 0.6) is 17.2 Å². The first-order chi connectivity index (χ1) is 10.6. The molecule has 5 nitrogen and oxygen atoms in total. The van der Waals surface area contributed by atoms with Crippen LogP contribution in [-0.2, 0) is 0 Å². The van der Waals surface area contributed by atoms with Gasteiger partial charge in [0.15, 0.2) is 11.5 Å². The molecule has 0 saturated carbocycles. The number of para-hydroxylation sites is 2. The first kappa shape index (κ1) is 14.3. The number of benzene rings is 2. The van der Waals surface area contributed by atoms with Gasteiger partial charge >= 0.3 is 0 Å². The van der Waals surface area contributed by atoms with Crippen molar-refractivity contribution in [3.8, 4) is 17.2 Å². The summed E-state index contributed by atoms with van der Waals surface area (Å²) in [5.41, 5.74) is 1.14. The Hall–Kier alpha value is -2.69. The van der Waals surface area contributed by atoms with Gasteiger partial charge in [-0.1, -0.05) is 12.1 Å². The number of carbonyl (C=O) groups is 1. The molecule has 22 heavy (non-hydrogen) atoms. The second-order valence-electron chi connectivity index (χ2n) is 5.18. The normalized spacial score (nSPS) is 12.3. The van der Waals surface area contributed by atoms with Crippen LogP contribution in [-0.4, -0.2) is 18.8 Å². The molecule has 0 radical (unpaired) electrons. The predicted molar refractivity (Wildman–Crippen MR) is 82.7 cm³/mol. The third-order valence-electron chi connectivity index (χ3n) is 3.13. The van der Waals surface area contributed by atoms with Gasteiger partial charge in [0, 0.05) is 5.56 Å². The number of hydrogen-bond acceptors (Lipinski definition) is 4. The van der Waals surface area contributed by atoms with Gasteiger partial charge in [0.25, 0.3) is 5.91 Å². The summed E-state index contributed by atoms with van der Waals surface area (Å²) in [6.07, 6.45) is 0.0311. The summed E-state index contributed by atoms with van der Waals surface area (Å²) in [4.78, 5) is 12.4. The first-order valence-corrected chi connectivity index (χ1v) is 7.10. The van der Waals surface area contributed by atoms with E-state index in [4.69, 9.17) is 14.2 Å². The largest absolute Gasteiger partial charge is 0.489 e. The van der Waals surface area contributed by atoms with Crippen molar-refractivity contribution < 1.29 is 19.0 Å². The Bertz CT molecular complexity index is 697. The Kier molecular flexibility index (Phi) is 3.87. The Morgan fingerprint density at radius 2 is 1.91 bits per heavy atom. The molecule has 0 unspecified atom stereocenters. The van der Waals surface area contributed by atoms with Gasteiger partial charge in [-0.15, -0.1) is 0 Å². The van der Waals surface area contributed by atoms with Crippen LogP contribution in [0.4, 0.5) is 5.69 Å². The quantitative estimate of drug-likeness (QED) is 0.939. The van der Waals surface area contributed by atoms with Crippen molar-refractivity contribution in [3.05, 3.63) is 48.0 Å². The molecule has 5 heteroatoms. The molecule has 0 aromatic heterocycles. The van der Waals surface area contributed by atoms with Crippen LogP contribution in [0.15, 0.2) is 42.5 Å². The molecule has 3 rings (SSSR count). The number of nitrogens with one attached hydrogen (secondary N) is 1. The summed E-state index contributed by atoms with van der Waals surface area (Å²) in [6, 6.07) is 12.5. The molecule has 0 fully saturated rings. The second-order valence-corrected chi connectivity index (χ2v) is 5.18. The molecule has 2 aromatic rings. The smallest absolute Gasteiger partial charge is 0.255 e. The van der Waals surface area contributed by atoms with Crippen molar-refractivity contribution in [2.24, 2.45) is 0 Å². The molecule has 0 aliphatic carbocycles. The lowest BCUT2D eigenvalue weighted by molar-refractivity contribution is 0.102. The van der Waals surface area contributed by atoms with Crippen molar-refractivity contribution in [3.63, 3.8) is 0 Å². The molecule has 0 spiro atoms. The molecule has 114 valence electrons. The van der Waals surface area contributed by atoms with E-state index in [0.29, 0.717) is 28.5 Å². The van der Waals surface area contributed by atoms with E-state index in [1.54, 1.807) is 18.2 Å². The predicted octanol–water partition coefficient (Wildman–Crippen LogP) is 3.45. The zero-order chi connectivity index (χ0) is 15.5. The first-order valence-electron chi connectivity index (χ1n) is 7.10. The van der Waals surface area contributed by atoms with Gasteiger partial charge < -0.3 is 19.5 Å². The molecular weight excluding hydrogens is 282 g/mol. The molecule has 0 atom stereocenters. The number of carbonyl (C=O) groups excluding carboxylic acids is 1. The fraction of sp³-hybridized carbons (Fsp3) is 0.235. The highest BCUT2D eigenvalue weighted by Gasteiger charge is 2.17. The highest BCUT2D eigenvalue weighted by molar-refractivity contribution is 6.05. The number of rotatable bonds is 4. The Morgan fingerprint density at radius 1 is 1.14 bits per heavy atom. The number of ether oxygens (including phenoxy) is 3. The van der Waals surface area contributed by atoms with Gasteiger partial charge in [0.05, 0.1) is 11.8 Å². The van der Waals surface area contributed by atoms with Crippen molar-refractivity contribution in [1.82, 2.24) is 0 Å². The molecule has 2 aromatic carbocycles. The van der Waals surface area contributed by atoms with E-state index in [-0.39, 0.29) is 18.8 Å². The van der Waals surface area contributed by atoms with Crippen LogP contribution in [0.1, 0.15) is 24.2 Å². The molecule has 0 bridgehead atoms. The molecular formula is C17H17NO4. The molecule has 1 heterocycles. The van der Waals surface area contributed by atoms with E-state index in [1.165, 1.54) is 0 Å². The minimum Gasteiger partial charge on any atom is -0.489 e. The molecule has 1 aliphatic rings. The van der Waals surface area contributed by atoms with Gasteiger partial charge in [0.1, 0.15) is 5.75 Å². The zero-order valence-electron chi connectivity index (χ0n) is 12.5. The third-order valence-corrected chi connectivity index (χ3v) is 3.13. The number of anilines is 1. The number of hydrogen-bond donors (Lipinski definition) is 1. The zero-order valence-corrected chi connectivity index (χ0v) is 12.5. The van der Waals surface area contributed by atoms with E-state index in [0.717, 1.165) is 0 Å². The summed E-state index contributed by atoms with van der Waals surface area (Å²) in [5, 5.41) is 2.86. The summed E-state index contributed by atoms with van der Waals surface area (Å²) in [6.45, 7) is 4.07. The second kappa shape index (κ2) is 5.97. The SMILES string of the molecule is CC(C)Oc1ccccc1NC(=O)c1ccc2c(c1)OCO2. The van der Waals surface area contributed by atoms with Crippen LogP contribution >= 0.6 is 0 Å². The van der Waals surface area contributed by atoms with Gasteiger partial charge in [-0.05, 0) is 44.2 Å². The molecule has 0 saturated heterocycles. The highest BCUT2D eigenvalue weighted by atomic mass is 16.7. The van der Waals surface area contributed by atoms with Crippen molar-refractivity contribution in [2.75, 3.05) is 12.1 Å². The average molecular weight is 299 g/mol. The molecule has 1 N–H and O–H groups in total. The van der Waals surface area contributed by atoms with E-state index in [2.05, 4.69) is 5.32 Å². The van der Waals surface area contributed by atoms with E-state index in [1.807, 2.05) is 38.1 Å². The van der Waals surface area contributed by atoms with Gasteiger partial charge in [-0.25, -0.2) is 0 Å². The van der Waals surface area contributed by atoms with Crippen molar-refractivity contribution in [1.29, 1.82) is 0 Å². The standard InChI is InChI=1S/C17H17NO4/c1-11(2)22-14-6-4-3-5-13(14)18-17(19)12-7-8-15-16(9-12)21-10-20-15/h3-9,11H,10H2,1-2H3,(H,18,19). The van der Waals surface area contributed by atoms with Crippen LogP contribution in [0, 0.1) is 0 Å². The summed E-state index contributed by atoms with van der Waals surface area (Å²) < 4.78 is 16.2. The maximum absolute atomic E-state index is 12.4. The van der Waals surface area contributed by atoms with Gasteiger partial charge in [0.2, 0.25) is 6.79 Å². The van der Waals surface area contributed by atoms with Gasteiger partial charge in [-0.2, -0.15) is 0 Å². The lowest BCUT2D eigenvalue weighted by atomic mass is 10.2. The highest BCUT2D eigenvalue weighted by Crippen LogP contribution is 2.33. The van der Waals surface area contributed by atoms with Crippen LogP contribution in [0.25, 0.3) is 0 Å². The lowest BCUT2D eigenvalue weighted by Crippen LogP contribution is -2.14. The lowest BCUT2D eigenvalue weighted by Gasteiger charge is -2.14. The third kappa shape index (κ3) is 2.98.